The van der Waals surface area contributed by atoms with Crippen LogP contribution in [0.3, 0.4) is 0 Å². The van der Waals surface area contributed by atoms with E-state index >= 15 is 0 Å². The van der Waals surface area contributed by atoms with Crippen LogP contribution in [0.15, 0.2) is 42.5 Å². The van der Waals surface area contributed by atoms with Gasteiger partial charge in [-0.05, 0) is 35.7 Å². The Balaban J connectivity index is 1.78. The molecule has 1 aliphatic rings. The first-order valence-electron chi connectivity index (χ1n) is 6.94. The number of rotatable bonds is 2. The van der Waals surface area contributed by atoms with Crippen molar-refractivity contribution in [1.29, 1.82) is 0 Å². The summed E-state index contributed by atoms with van der Waals surface area (Å²) in [5.74, 6) is -0.943. The molecule has 5 heteroatoms. The number of amides is 2. The highest BCUT2D eigenvalue weighted by molar-refractivity contribution is 5.95. The number of anilines is 1. The number of fused-ring (bicyclic) bond motifs is 1. The van der Waals surface area contributed by atoms with Crippen LogP contribution < -0.4 is 5.32 Å². The summed E-state index contributed by atoms with van der Waals surface area (Å²) in [5, 5.41) is 14.0. The van der Waals surface area contributed by atoms with E-state index in [-0.39, 0.29) is 6.03 Å². The van der Waals surface area contributed by atoms with Gasteiger partial charge in [-0.1, -0.05) is 30.3 Å². The van der Waals surface area contributed by atoms with Crippen molar-refractivity contribution in [2.45, 2.75) is 18.9 Å². The highest BCUT2D eigenvalue weighted by Crippen LogP contribution is 2.22. The summed E-state index contributed by atoms with van der Waals surface area (Å²) in [7, 11) is 0. The van der Waals surface area contributed by atoms with Crippen molar-refractivity contribution in [3.8, 4) is 0 Å². The van der Waals surface area contributed by atoms with Gasteiger partial charge in [0.2, 0.25) is 0 Å². The average Bonchev–Trinajstić information content (AvgIpc) is 2.97. The number of hydrogen-bond acceptors (Lipinski definition) is 2. The summed E-state index contributed by atoms with van der Waals surface area (Å²) >= 11 is 0. The Morgan fingerprint density at radius 3 is 2.67 bits per heavy atom. The Labute approximate surface area is 122 Å². The maximum atomic E-state index is 12.2. The van der Waals surface area contributed by atoms with Crippen LogP contribution in [0.25, 0.3) is 10.8 Å². The lowest BCUT2D eigenvalue weighted by molar-refractivity contribution is -0.141. The summed E-state index contributed by atoms with van der Waals surface area (Å²) in [6.45, 7) is 0.483. The Hall–Kier alpha value is -2.56. The maximum absolute atomic E-state index is 12.2. The molecule has 2 aromatic rings. The van der Waals surface area contributed by atoms with Crippen molar-refractivity contribution in [1.82, 2.24) is 4.90 Å². The molecule has 5 nitrogen and oxygen atoms in total. The molecule has 0 saturated carbocycles. The highest BCUT2D eigenvalue weighted by atomic mass is 16.4. The fraction of sp³-hybridized carbons (Fsp3) is 0.250. The summed E-state index contributed by atoms with van der Waals surface area (Å²) < 4.78 is 0. The van der Waals surface area contributed by atoms with Crippen molar-refractivity contribution in [3.63, 3.8) is 0 Å². The second kappa shape index (κ2) is 5.44. The van der Waals surface area contributed by atoms with Gasteiger partial charge in [0.05, 0.1) is 0 Å². The van der Waals surface area contributed by atoms with Crippen molar-refractivity contribution in [2.75, 3.05) is 11.9 Å². The summed E-state index contributed by atoms with van der Waals surface area (Å²) in [5.41, 5.74) is 0.676. The molecule has 1 unspecified atom stereocenters. The largest absolute Gasteiger partial charge is 0.480 e. The van der Waals surface area contributed by atoms with Gasteiger partial charge in [-0.3, -0.25) is 0 Å². The molecule has 2 N–H and O–H groups in total. The Morgan fingerprint density at radius 2 is 1.90 bits per heavy atom. The fourth-order valence-corrected chi connectivity index (χ4v) is 2.73. The van der Waals surface area contributed by atoms with Crippen LogP contribution in [0.5, 0.6) is 0 Å². The molecule has 1 atom stereocenters. The maximum Gasteiger partial charge on any atom is 0.326 e. The molecular formula is C16H16N2O3. The summed E-state index contributed by atoms with van der Waals surface area (Å²) in [6, 6.07) is 12.5. The van der Waals surface area contributed by atoms with Crippen LogP contribution in [0.1, 0.15) is 12.8 Å². The third-order valence-electron chi connectivity index (χ3n) is 3.80. The molecule has 2 aromatic carbocycles. The van der Waals surface area contributed by atoms with E-state index in [1.54, 1.807) is 0 Å². The zero-order chi connectivity index (χ0) is 14.8. The van der Waals surface area contributed by atoms with Crippen LogP contribution in [0.2, 0.25) is 0 Å². The second-order valence-corrected chi connectivity index (χ2v) is 5.18. The van der Waals surface area contributed by atoms with Gasteiger partial charge in [-0.15, -0.1) is 0 Å². The number of nitrogens with one attached hydrogen (secondary N) is 1. The van der Waals surface area contributed by atoms with E-state index in [1.807, 2.05) is 42.5 Å². The Kier molecular flexibility index (Phi) is 3.48. The van der Waals surface area contributed by atoms with Crippen molar-refractivity contribution in [3.05, 3.63) is 42.5 Å². The molecule has 0 aromatic heterocycles. The van der Waals surface area contributed by atoms with Gasteiger partial charge in [0, 0.05) is 12.2 Å². The van der Waals surface area contributed by atoms with E-state index in [0.717, 1.165) is 17.2 Å². The molecule has 0 spiro atoms. The Bertz CT molecular complexity index is 699. The topological polar surface area (TPSA) is 69.6 Å². The minimum Gasteiger partial charge on any atom is -0.480 e. The SMILES string of the molecule is O=C(O)C1CCCN1C(=O)Nc1ccc2ccccc2c1. The number of likely N-dealkylation sites (tertiary alicyclic amines) is 1. The number of nitrogens with zero attached hydrogens (tertiary/aromatic N) is 1. The predicted octanol–water partition coefficient (Wildman–Crippen LogP) is 2.92. The van der Waals surface area contributed by atoms with E-state index in [2.05, 4.69) is 5.32 Å². The number of carbonyl (C=O) groups is 2. The van der Waals surface area contributed by atoms with Gasteiger partial charge in [0.15, 0.2) is 0 Å². The quantitative estimate of drug-likeness (QED) is 0.890. The van der Waals surface area contributed by atoms with E-state index in [4.69, 9.17) is 5.11 Å². The minimum atomic E-state index is -0.943. The molecule has 0 aliphatic carbocycles. The molecular weight excluding hydrogens is 268 g/mol. The molecule has 1 aliphatic heterocycles. The van der Waals surface area contributed by atoms with E-state index in [0.29, 0.717) is 18.7 Å². The zero-order valence-corrected chi connectivity index (χ0v) is 11.5. The molecule has 1 fully saturated rings. The van der Waals surface area contributed by atoms with E-state index < -0.39 is 12.0 Å². The number of carboxylic acid groups (broad SMARTS) is 1. The summed E-state index contributed by atoms with van der Waals surface area (Å²) in [4.78, 5) is 24.7. The lowest BCUT2D eigenvalue weighted by Gasteiger charge is -2.21. The zero-order valence-electron chi connectivity index (χ0n) is 11.5. The Morgan fingerprint density at radius 1 is 1.14 bits per heavy atom. The van der Waals surface area contributed by atoms with Crippen molar-refractivity contribution >= 4 is 28.5 Å². The second-order valence-electron chi connectivity index (χ2n) is 5.18. The molecule has 3 rings (SSSR count). The molecule has 0 radical (unpaired) electrons. The van der Waals surface area contributed by atoms with Gasteiger partial charge in [-0.2, -0.15) is 0 Å². The number of benzene rings is 2. The van der Waals surface area contributed by atoms with Crippen molar-refractivity contribution < 1.29 is 14.7 Å². The first-order valence-corrected chi connectivity index (χ1v) is 6.94. The van der Waals surface area contributed by atoms with Crippen LogP contribution in [-0.4, -0.2) is 34.6 Å². The first-order chi connectivity index (χ1) is 10.1. The van der Waals surface area contributed by atoms with Crippen LogP contribution in [-0.2, 0) is 4.79 Å². The third kappa shape index (κ3) is 2.67. The third-order valence-corrected chi connectivity index (χ3v) is 3.80. The molecule has 0 bridgehead atoms. The molecule has 1 heterocycles. The predicted molar refractivity (Wildman–Crippen MR) is 80.3 cm³/mol. The average molecular weight is 284 g/mol. The molecule has 1 saturated heterocycles. The number of urea groups is 1. The van der Waals surface area contributed by atoms with Crippen molar-refractivity contribution in [2.24, 2.45) is 0 Å². The smallest absolute Gasteiger partial charge is 0.326 e. The van der Waals surface area contributed by atoms with Gasteiger partial charge in [-0.25, -0.2) is 9.59 Å². The fourth-order valence-electron chi connectivity index (χ4n) is 2.73. The van der Waals surface area contributed by atoms with Crippen LogP contribution in [0, 0.1) is 0 Å². The normalized spacial score (nSPS) is 17.9. The van der Waals surface area contributed by atoms with Gasteiger partial charge in [0.1, 0.15) is 6.04 Å². The number of aliphatic carboxylic acids is 1. The number of carboxylic acids is 1. The molecule has 108 valence electrons. The molecule has 2 amide bonds. The minimum absolute atomic E-state index is 0.352. The molecule has 21 heavy (non-hydrogen) atoms. The lowest BCUT2D eigenvalue weighted by Crippen LogP contribution is -2.42. The van der Waals surface area contributed by atoms with Gasteiger partial charge >= 0.3 is 12.0 Å². The van der Waals surface area contributed by atoms with E-state index in [1.165, 1.54) is 4.90 Å². The highest BCUT2D eigenvalue weighted by Gasteiger charge is 2.33. The number of hydrogen-bond donors (Lipinski definition) is 2. The van der Waals surface area contributed by atoms with Crippen LogP contribution in [0.4, 0.5) is 10.5 Å². The van der Waals surface area contributed by atoms with Gasteiger partial charge in [0.25, 0.3) is 0 Å². The van der Waals surface area contributed by atoms with E-state index in [9.17, 15) is 9.59 Å². The van der Waals surface area contributed by atoms with Gasteiger partial charge < -0.3 is 15.3 Å². The first kappa shape index (κ1) is 13.4. The van der Waals surface area contributed by atoms with Crippen LogP contribution >= 0.6 is 0 Å². The standard InChI is InChI=1S/C16H16N2O3/c19-15(20)14-6-3-9-18(14)16(21)17-13-8-7-11-4-1-2-5-12(11)10-13/h1-2,4-5,7-8,10,14H,3,6,9H2,(H,17,21)(H,19,20). The lowest BCUT2D eigenvalue weighted by atomic mass is 10.1. The number of carbonyl (C=O) groups excluding carboxylic acids is 1. The monoisotopic (exact) mass is 284 g/mol. The summed E-state index contributed by atoms with van der Waals surface area (Å²) in [6.07, 6.45) is 1.24.